The molecule has 5 heteroatoms. The van der Waals surface area contributed by atoms with Crippen LogP contribution in [0.5, 0.6) is 0 Å². The van der Waals surface area contributed by atoms with Crippen LogP contribution in [-0.4, -0.2) is 17.1 Å². The van der Waals surface area contributed by atoms with Crippen molar-refractivity contribution in [1.29, 1.82) is 0 Å². The molecule has 2 rings (SSSR count). The van der Waals surface area contributed by atoms with Crippen molar-refractivity contribution >= 4 is 5.91 Å². The monoisotopic (exact) mass is 279 g/mol. The molecule has 0 spiro atoms. The molecule has 3 N–H and O–H groups in total. The first-order chi connectivity index (χ1) is 9.32. The minimum atomic E-state index is -0.0819. The summed E-state index contributed by atoms with van der Waals surface area (Å²) in [5, 5.41) is 6.86. The van der Waals surface area contributed by atoms with Crippen LogP contribution in [0, 0.1) is 24.2 Å². The molecule has 1 aromatic rings. The Balaban J connectivity index is 1.98. The third-order valence-corrected chi connectivity index (χ3v) is 4.94. The molecule has 1 fully saturated rings. The van der Waals surface area contributed by atoms with Gasteiger partial charge >= 0.3 is 0 Å². The summed E-state index contributed by atoms with van der Waals surface area (Å²) < 4.78 is 5.00. The van der Waals surface area contributed by atoms with Gasteiger partial charge in [-0.2, -0.15) is 0 Å². The zero-order valence-electron chi connectivity index (χ0n) is 12.8. The molecule has 1 aliphatic carbocycles. The van der Waals surface area contributed by atoms with Crippen LogP contribution < -0.4 is 11.1 Å². The molecule has 20 heavy (non-hydrogen) atoms. The lowest BCUT2D eigenvalue weighted by molar-refractivity contribution is -0.132. The Morgan fingerprint density at radius 3 is 2.85 bits per heavy atom. The Labute approximate surface area is 120 Å². The second-order valence-corrected chi connectivity index (χ2v) is 6.55. The van der Waals surface area contributed by atoms with E-state index in [4.69, 9.17) is 10.3 Å². The zero-order valence-corrected chi connectivity index (χ0v) is 12.8. The standard InChI is InChI=1S/C15H25N3O2/c1-9-7-11(18-20-9)8-17-14(19)12-5-6-13(16)10(2)15(12,3)4/h7,10,12-13H,5-6,8,16H2,1-4H3,(H,17,19). The number of hydrogen-bond donors (Lipinski definition) is 2. The molecule has 0 radical (unpaired) electrons. The zero-order chi connectivity index (χ0) is 14.9. The number of hydrogen-bond acceptors (Lipinski definition) is 4. The number of rotatable bonds is 3. The van der Waals surface area contributed by atoms with E-state index in [0.717, 1.165) is 24.3 Å². The molecular formula is C15H25N3O2. The molecule has 112 valence electrons. The van der Waals surface area contributed by atoms with Crippen molar-refractivity contribution in [1.82, 2.24) is 10.5 Å². The lowest BCUT2D eigenvalue weighted by atomic mass is 9.61. The highest BCUT2D eigenvalue weighted by molar-refractivity contribution is 5.79. The van der Waals surface area contributed by atoms with E-state index in [1.54, 1.807) is 0 Å². The molecule has 0 bridgehead atoms. The van der Waals surface area contributed by atoms with E-state index in [-0.39, 0.29) is 23.3 Å². The molecule has 1 aliphatic rings. The number of nitrogens with two attached hydrogens (primary N) is 1. The number of nitrogens with zero attached hydrogens (tertiary/aromatic N) is 1. The van der Waals surface area contributed by atoms with Crippen molar-refractivity contribution in [3.63, 3.8) is 0 Å². The number of nitrogens with one attached hydrogen (secondary N) is 1. The van der Waals surface area contributed by atoms with Crippen molar-refractivity contribution in [2.45, 2.75) is 53.1 Å². The predicted molar refractivity (Wildman–Crippen MR) is 76.7 cm³/mol. The third-order valence-electron chi connectivity index (χ3n) is 4.94. The van der Waals surface area contributed by atoms with Crippen molar-refractivity contribution in [3.8, 4) is 0 Å². The summed E-state index contributed by atoms with van der Waals surface area (Å²) >= 11 is 0. The summed E-state index contributed by atoms with van der Waals surface area (Å²) in [7, 11) is 0. The molecule has 5 nitrogen and oxygen atoms in total. The molecule has 1 aromatic heterocycles. The Morgan fingerprint density at radius 1 is 1.55 bits per heavy atom. The number of aryl methyl sites for hydroxylation is 1. The highest BCUT2D eigenvalue weighted by atomic mass is 16.5. The third kappa shape index (κ3) is 2.87. The van der Waals surface area contributed by atoms with E-state index in [0.29, 0.717) is 12.5 Å². The quantitative estimate of drug-likeness (QED) is 0.886. The lowest BCUT2D eigenvalue weighted by Crippen LogP contribution is -2.51. The van der Waals surface area contributed by atoms with Crippen LogP contribution in [0.15, 0.2) is 10.6 Å². The van der Waals surface area contributed by atoms with Gasteiger partial charge in [0.15, 0.2) is 0 Å². The van der Waals surface area contributed by atoms with Gasteiger partial charge in [0, 0.05) is 18.0 Å². The number of aromatic nitrogens is 1. The number of carbonyl (C=O) groups is 1. The average molecular weight is 279 g/mol. The normalized spacial score (nSPS) is 29.1. The minimum absolute atomic E-state index is 0.00491. The Morgan fingerprint density at radius 2 is 2.25 bits per heavy atom. The second kappa shape index (κ2) is 5.56. The first kappa shape index (κ1) is 15.0. The summed E-state index contributed by atoms with van der Waals surface area (Å²) in [6.45, 7) is 8.68. The van der Waals surface area contributed by atoms with E-state index >= 15 is 0 Å². The van der Waals surface area contributed by atoms with Gasteiger partial charge in [-0.25, -0.2) is 0 Å². The molecule has 1 saturated carbocycles. The van der Waals surface area contributed by atoms with E-state index in [1.165, 1.54) is 0 Å². The van der Waals surface area contributed by atoms with Gasteiger partial charge < -0.3 is 15.6 Å². The van der Waals surface area contributed by atoms with Gasteiger partial charge in [0.25, 0.3) is 0 Å². The van der Waals surface area contributed by atoms with Crippen LogP contribution in [0.1, 0.15) is 45.1 Å². The summed E-state index contributed by atoms with van der Waals surface area (Å²) in [5.41, 5.74) is 6.81. The molecule has 0 saturated heterocycles. The maximum absolute atomic E-state index is 12.4. The van der Waals surface area contributed by atoms with Crippen molar-refractivity contribution < 1.29 is 9.32 Å². The summed E-state index contributed by atoms with van der Waals surface area (Å²) in [4.78, 5) is 12.4. The van der Waals surface area contributed by atoms with Gasteiger partial charge in [-0.3, -0.25) is 4.79 Å². The van der Waals surface area contributed by atoms with Crippen molar-refractivity contribution in [2.24, 2.45) is 23.0 Å². The summed E-state index contributed by atoms with van der Waals surface area (Å²) in [6.07, 6.45) is 1.76. The highest BCUT2D eigenvalue weighted by Gasteiger charge is 2.44. The molecule has 0 aromatic carbocycles. The van der Waals surface area contributed by atoms with Crippen molar-refractivity contribution in [2.75, 3.05) is 0 Å². The molecule has 1 heterocycles. The van der Waals surface area contributed by atoms with Gasteiger partial charge in [0.1, 0.15) is 11.5 Å². The fourth-order valence-electron chi connectivity index (χ4n) is 3.12. The van der Waals surface area contributed by atoms with Gasteiger partial charge in [0.2, 0.25) is 5.91 Å². The second-order valence-electron chi connectivity index (χ2n) is 6.55. The summed E-state index contributed by atoms with van der Waals surface area (Å²) in [5.74, 6) is 1.19. The fraction of sp³-hybridized carbons (Fsp3) is 0.733. The van der Waals surface area contributed by atoms with Crippen LogP contribution in [0.3, 0.4) is 0 Å². The van der Waals surface area contributed by atoms with E-state index < -0.39 is 0 Å². The van der Waals surface area contributed by atoms with Crippen LogP contribution in [-0.2, 0) is 11.3 Å². The average Bonchev–Trinajstić information content (AvgIpc) is 2.79. The number of amides is 1. The largest absolute Gasteiger partial charge is 0.361 e. The SMILES string of the molecule is Cc1cc(CNC(=O)C2CCC(N)C(C)C2(C)C)no1. The fourth-order valence-corrected chi connectivity index (χ4v) is 3.12. The van der Waals surface area contributed by atoms with Crippen LogP contribution in [0.4, 0.5) is 0 Å². The van der Waals surface area contributed by atoms with E-state index in [2.05, 4.69) is 31.2 Å². The van der Waals surface area contributed by atoms with Crippen LogP contribution >= 0.6 is 0 Å². The first-order valence-corrected chi connectivity index (χ1v) is 7.28. The Hall–Kier alpha value is -1.36. The molecule has 3 atom stereocenters. The molecule has 3 unspecified atom stereocenters. The number of carbonyl (C=O) groups excluding carboxylic acids is 1. The van der Waals surface area contributed by atoms with E-state index in [9.17, 15) is 4.79 Å². The summed E-state index contributed by atoms with van der Waals surface area (Å²) in [6, 6.07) is 2.03. The smallest absolute Gasteiger partial charge is 0.223 e. The van der Waals surface area contributed by atoms with Gasteiger partial charge in [0.05, 0.1) is 6.54 Å². The lowest BCUT2D eigenvalue weighted by Gasteiger charge is -2.46. The van der Waals surface area contributed by atoms with E-state index in [1.807, 2.05) is 13.0 Å². The maximum Gasteiger partial charge on any atom is 0.223 e. The molecular weight excluding hydrogens is 254 g/mol. The highest BCUT2D eigenvalue weighted by Crippen LogP contribution is 2.44. The van der Waals surface area contributed by atoms with Crippen molar-refractivity contribution in [3.05, 3.63) is 17.5 Å². The van der Waals surface area contributed by atoms with Gasteiger partial charge in [-0.15, -0.1) is 0 Å². The molecule has 0 aliphatic heterocycles. The topological polar surface area (TPSA) is 81.2 Å². The Bertz CT molecular complexity index is 481. The van der Waals surface area contributed by atoms with Gasteiger partial charge in [-0.05, 0) is 31.1 Å². The first-order valence-electron chi connectivity index (χ1n) is 7.28. The minimum Gasteiger partial charge on any atom is -0.361 e. The van der Waals surface area contributed by atoms with Crippen LogP contribution in [0.2, 0.25) is 0 Å². The van der Waals surface area contributed by atoms with Crippen LogP contribution in [0.25, 0.3) is 0 Å². The molecule has 1 amide bonds. The maximum atomic E-state index is 12.4. The Kier molecular flexibility index (Phi) is 4.18. The van der Waals surface area contributed by atoms with Gasteiger partial charge in [-0.1, -0.05) is 25.9 Å². The predicted octanol–water partition coefficient (Wildman–Crippen LogP) is 2.00.